The Bertz CT molecular complexity index is 1860. The minimum Gasteiger partial charge on any atom is -0.379 e. The van der Waals surface area contributed by atoms with Crippen LogP contribution in [0.5, 0.6) is 0 Å². The van der Waals surface area contributed by atoms with Crippen molar-refractivity contribution in [2.75, 3.05) is 56.5 Å². The molecular weight excluding hydrogens is 649 g/mol. The van der Waals surface area contributed by atoms with E-state index >= 15 is 4.39 Å². The van der Waals surface area contributed by atoms with Gasteiger partial charge in [0.2, 0.25) is 11.8 Å². The Morgan fingerprint density at radius 2 is 1.63 bits per heavy atom. The van der Waals surface area contributed by atoms with Gasteiger partial charge in [-0.1, -0.05) is 18.2 Å². The Morgan fingerprint density at radius 3 is 2.31 bits per heavy atom. The Hall–Kier alpha value is -4.58. The predicted molar refractivity (Wildman–Crippen MR) is 193 cm³/mol. The number of aromatic nitrogens is 2. The number of hydrogen-bond donors (Lipinski definition) is 2. The molecule has 4 aliphatic rings. The fraction of sp³-hybridized carbons (Fsp3) is 0.513. The van der Waals surface area contributed by atoms with E-state index in [-0.39, 0.29) is 47.0 Å². The van der Waals surface area contributed by atoms with E-state index in [1.807, 2.05) is 30.0 Å². The van der Waals surface area contributed by atoms with Gasteiger partial charge in [0.1, 0.15) is 5.82 Å². The minimum absolute atomic E-state index is 0.0703. The van der Waals surface area contributed by atoms with E-state index in [2.05, 4.69) is 44.7 Å². The molecule has 1 aromatic heterocycles. The highest BCUT2D eigenvalue weighted by Crippen LogP contribution is 2.43. The van der Waals surface area contributed by atoms with E-state index < -0.39 is 5.92 Å². The molecule has 2 aromatic carbocycles. The van der Waals surface area contributed by atoms with Crippen molar-refractivity contribution >= 4 is 29.1 Å². The molecule has 4 aliphatic heterocycles. The van der Waals surface area contributed by atoms with Gasteiger partial charge >= 0.3 is 0 Å². The molecule has 0 aliphatic carbocycles. The Morgan fingerprint density at radius 1 is 0.941 bits per heavy atom. The van der Waals surface area contributed by atoms with Gasteiger partial charge in [0, 0.05) is 69.9 Å². The first-order chi connectivity index (χ1) is 24.5. The lowest BCUT2D eigenvalue weighted by molar-refractivity contribution is -0.134. The van der Waals surface area contributed by atoms with Crippen molar-refractivity contribution in [3.63, 3.8) is 0 Å². The molecule has 1 unspecified atom stereocenters. The largest absolute Gasteiger partial charge is 0.379 e. The molecule has 12 heteroatoms. The number of amides is 3. The van der Waals surface area contributed by atoms with Gasteiger partial charge in [-0.3, -0.25) is 24.5 Å². The van der Waals surface area contributed by atoms with Crippen LogP contribution in [0, 0.1) is 18.2 Å². The number of carbonyl (C=O) groups excluding carboxylic acids is 3. The van der Waals surface area contributed by atoms with Crippen molar-refractivity contribution < 1.29 is 18.8 Å². The van der Waals surface area contributed by atoms with Crippen LogP contribution < -0.4 is 21.1 Å². The lowest BCUT2D eigenvalue weighted by atomic mass is 9.71. The fourth-order valence-electron chi connectivity index (χ4n) is 8.68. The smallest absolute Gasteiger partial charge is 0.271 e. The maximum Gasteiger partial charge on any atom is 0.271 e. The molecule has 0 bridgehead atoms. The quantitative estimate of drug-likeness (QED) is 0.369. The Balaban J connectivity index is 0.912. The summed E-state index contributed by atoms with van der Waals surface area (Å²) in [5.74, 6) is -1.11. The number of likely N-dealkylation sites (tertiary alicyclic amines) is 2. The van der Waals surface area contributed by atoms with Gasteiger partial charge in [0.05, 0.1) is 23.5 Å². The average Bonchev–Trinajstić information content (AvgIpc) is 3.12. The molecule has 4 fully saturated rings. The van der Waals surface area contributed by atoms with E-state index in [0.29, 0.717) is 47.8 Å². The number of likely N-dealkylation sites (N-methyl/N-ethyl adjacent to an activating group) is 1. The van der Waals surface area contributed by atoms with Crippen LogP contribution in [0.1, 0.15) is 83.8 Å². The highest BCUT2D eigenvalue weighted by atomic mass is 19.1. The van der Waals surface area contributed by atoms with Crippen LogP contribution in [0.15, 0.2) is 53.5 Å². The summed E-state index contributed by atoms with van der Waals surface area (Å²) in [7, 11) is 3.77. The molecule has 270 valence electrons. The standard InChI is InChI=1S/C39H48FN7O4/c1-25-33(22-41-45(3)37(25)50)42-30-20-29(23-44(2)24-30)26-4-6-27(7-5-26)38(51)47-18-14-39(15-19-47)12-16-46(17-13-39)34-10-8-28(21-32(34)40)31-9-11-35(48)43-36(31)49/h4-8,10,21-22,29-31,42H,9,11-20,23-24H2,1-3H3,(H,43,48,49)/t29-,30+,31?/m0/s1. The first kappa shape index (κ1) is 34.9. The summed E-state index contributed by atoms with van der Waals surface area (Å²) in [5.41, 5.74) is 4.57. The number of piperidine rings is 4. The number of aryl methyl sites for hydroxylation is 1. The maximum atomic E-state index is 15.3. The molecule has 51 heavy (non-hydrogen) atoms. The van der Waals surface area contributed by atoms with Gasteiger partial charge in [-0.05, 0) is 99.2 Å². The van der Waals surface area contributed by atoms with Crippen molar-refractivity contribution in [1.82, 2.24) is 24.9 Å². The summed E-state index contributed by atoms with van der Waals surface area (Å²) in [5, 5.41) is 10.1. The zero-order valence-corrected chi connectivity index (χ0v) is 29.8. The van der Waals surface area contributed by atoms with Gasteiger partial charge in [0.25, 0.3) is 11.5 Å². The summed E-state index contributed by atoms with van der Waals surface area (Å²) in [4.78, 5) is 56.2. The third kappa shape index (κ3) is 7.28. The van der Waals surface area contributed by atoms with Crippen molar-refractivity contribution in [2.45, 2.75) is 69.7 Å². The lowest BCUT2D eigenvalue weighted by Gasteiger charge is -2.47. The van der Waals surface area contributed by atoms with E-state index in [1.54, 1.807) is 19.3 Å². The van der Waals surface area contributed by atoms with Gasteiger partial charge in [-0.15, -0.1) is 0 Å². The Kier molecular flexibility index (Phi) is 9.71. The third-order valence-electron chi connectivity index (χ3n) is 11.9. The van der Waals surface area contributed by atoms with Crippen LogP contribution in [0.2, 0.25) is 0 Å². The lowest BCUT2D eigenvalue weighted by Crippen LogP contribution is -2.48. The first-order valence-electron chi connectivity index (χ1n) is 18.2. The maximum absolute atomic E-state index is 15.3. The number of rotatable bonds is 6. The predicted octanol–water partition coefficient (Wildman–Crippen LogP) is 4.17. The Labute approximate surface area is 298 Å². The van der Waals surface area contributed by atoms with E-state index in [9.17, 15) is 19.2 Å². The van der Waals surface area contributed by atoms with Crippen LogP contribution in [0.4, 0.5) is 15.8 Å². The highest BCUT2D eigenvalue weighted by Gasteiger charge is 2.39. The normalized spacial score (nSPS) is 24.0. The number of benzene rings is 2. The van der Waals surface area contributed by atoms with Crippen LogP contribution in [0.3, 0.4) is 0 Å². The van der Waals surface area contributed by atoms with Crippen molar-refractivity contribution in [3.8, 4) is 0 Å². The molecule has 2 N–H and O–H groups in total. The molecule has 7 rings (SSSR count). The van der Waals surface area contributed by atoms with Gasteiger partial charge in [-0.25, -0.2) is 9.07 Å². The van der Waals surface area contributed by atoms with Gasteiger partial charge in [-0.2, -0.15) is 5.10 Å². The molecule has 0 radical (unpaired) electrons. The zero-order valence-electron chi connectivity index (χ0n) is 29.8. The second-order valence-corrected chi connectivity index (χ2v) is 15.2. The molecule has 4 saturated heterocycles. The van der Waals surface area contributed by atoms with Crippen LogP contribution in [0.25, 0.3) is 0 Å². The summed E-state index contributed by atoms with van der Waals surface area (Å²) < 4.78 is 16.7. The van der Waals surface area contributed by atoms with Crippen LogP contribution in [-0.4, -0.2) is 89.7 Å². The van der Waals surface area contributed by atoms with Crippen molar-refractivity contribution in [1.29, 1.82) is 0 Å². The number of hydrogen-bond acceptors (Lipinski definition) is 8. The number of carbonyl (C=O) groups is 3. The number of imide groups is 1. The molecule has 0 saturated carbocycles. The fourth-order valence-corrected chi connectivity index (χ4v) is 8.68. The van der Waals surface area contributed by atoms with E-state index in [0.717, 1.165) is 64.0 Å². The molecule has 3 aromatic rings. The third-order valence-corrected chi connectivity index (χ3v) is 11.9. The van der Waals surface area contributed by atoms with Gasteiger partial charge in [0.15, 0.2) is 0 Å². The second-order valence-electron chi connectivity index (χ2n) is 15.2. The van der Waals surface area contributed by atoms with E-state index in [1.165, 1.54) is 16.3 Å². The first-order valence-corrected chi connectivity index (χ1v) is 18.2. The monoisotopic (exact) mass is 697 g/mol. The minimum atomic E-state index is -0.501. The molecular formula is C39H48FN7O4. The number of nitrogens with one attached hydrogen (secondary N) is 2. The molecule has 11 nitrogen and oxygen atoms in total. The summed E-state index contributed by atoms with van der Waals surface area (Å²) in [6.45, 7) is 6.54. The molecule has 3 amide bonds. The SMILES string of the molecule is Cc1c(N[C@@H]2C[C@H](c3ccc(C(=O)N4CCC5(CC4)CCN(c4ccc(C6CCC(=O)NC6=O)cc4F)CC5)cc3)CN(C)C2)cnn(C)c1=O. The molecule has 1 spiro atoms. The number of halogens is 1. The summed E-state index contributed by atoms with van der Waals surface area (Å²) >= 11 is 0. The number of anilines is 2. The average molecular weight is 698 g/mol. The van der Waals surface area contributed by atoms with Crippen LogP contribution in [-0.2, 0) is 16.6 Å². The van der Waals surface area contributed by atoms with E-state index in [4.69, 9.17) is 0 Å². The second kappa shape index (κ2) is 14.2. The van der Waals surface area contributed by atoms with Gasteiger partial charge < -0.3 is 20.0 Å². The van der Waals surface area contributed by atoms with Crippen molar-refractivity contribution in [3.05, 3.63) is 87.1 Å². The summed E-state index contributed by atoms with van der Waals surface area (Å²) in [6, 6.07) is 13.3. The number of nitrogens with zero attached hydrogens (tertiary/aromatic N) is 5. The summed E-state index contributed by atoms with van der Waals surface area (Å²) in [6.07, 6.45) is 7.07. The van der Waals surface area contributed by atoms with Crippen molar-refractivity contribution in [2.24, 2.45) is 12.5 Å². The topological polar surface area (TPSA) is 120 Å². The molecule has 3 atom stereocenters. The van der Waals surface area contributed by atoms with Crippen LogP contribution >= 0.6 is 0 Å². The highest BCUT2D eigenvalue weighted by molar-refractivity contribution is 6.01. The molecule has 5 heterocycles. The zero-order chi connectivity index (χ0) is 35.9.